The molecule has 0 aliphatic heterocycles. The molecule has 17 heavy (non-hydrogen) atoms. The smallest absolute Gasteiger partial charge is 0.337 e. The van der Waals surface area contributed by atoms with Gasteiger partial charge < -0.3 is 10.1 Å². The van der Waals surface area contributed by atoms with Crippen molar-refractivity contribution in [1.29, 1.82) is 0 Å². The molecular weight excluding hydrogens is 224 g/mol. The zero-order chi connectivity index (χ0) is 12.4. The van der Waals surface area contributed by atoms with Crippen molar-refractivity contribution in [1.82, 2.24) is 4.98 Å². The van der Waals surface area contributed by atoms with Crippen LogP contribution in [0.2, 0.25) is 0 Å². The Hall–Kier alpha value is -2.63. The van der Waals surface area contributed by atoms with Crippen molar-refractivity contribution >= 4 is 22.9 Å². The molecule has 0 spiro atoms. The van der Waals surface area contributed by atoms with E-state index in [4.69, 9.17) is 5.11 Å². The number of aromatic carboxylic acids is 1. The second-order valence-corrected chi connectivity index (χ2v) is 3.38. The Balaban J connectivity index is 2.59. The predicted molar refractivity (Wildman–Crippen MR) is 61.3 cm³/mol. The summed E-state index contributed by atoms with van der Waals surface area (Å²) in [7, 11) is 0. The standard InChI is InChI=1S/C11H8N2O4/c14-11(15)9-3-1-2-8-7(4-5-13(16)17)6-12-10(8)9/h1-6,12H,(H,14,15)/b5-4-. The molecule has 2 aromatic rings. The number of nitrogens with zero attached hydrogens (tertiary/aromatic N) is 1. The van der Waals surface area contributed by atoms with E-state index in [1.807, 2.05) is 0 Å². The van der Waals surface area contributed by atoms with Crippen LogP contribution in [-0.2, 0) is 0 Å². The number of aromatic nitrogens is 1. The average Bonchev–Trinajstić information content (AvgIpc) is 2.68. The molecule has 0 saturated carbocycles. The number of carbonyl (C=O) groups is 1. The van der Waals surface area contributed by atoms with Gasteiger partial charge >= 0.3 is 5.97 Å². The van der Waals surface area contributed by atoms with Crippen LogP contribution in [0.25, 0.3) is 17.0 Å². The maximum atomic E-state index is 10.9. The van der Waals surface area contributed by atoms with Crippen LogP contribution in [0.15, 0.2) is 30.6 Å². The Bertz CT molecular complexity index is 627. The topological polar surface area (TPSA) is 96.2 Å². The second kappa shape index (κ2) is 4.09. The van der Waals surface area contributed by atoms with E-state index in [0.29, 0.717) is 16.5 Å². The Morgan fingerprint density at radius 1 is 1.47 bits per heavy atom. The summed E-state index contributed by atoms with van der Waals surface area (Å²) in [5, 5.41) is 19.8. The van der Waals surface area contributed by atoms with Crippen LogP contribution in [0.3, 0.4) is 0 Å². The molecule has 6 heteroatoms. The summed E-state index contributed by atoms with van der Waals surface area (Å²) in [6, 6.07) is 4.78. The van der Waals surface area contributed by atoms with Gasteiger partial charge in [-0.25, -0.2) is 4.79 Å². The van der Waals surface area contributed by atoms with E-state index in [-0.39, 0.29) is 5.56 Å². The molecule has 0 aliphatic rings. The summed E-state index contributed by atoms with van der Waals surface area (Å²) in [5.74, 6) is -1.04. The van der Waals surface area contributed by atoms with Crippen molar-refractivity contribution in [2.24, 2.45) is 0 Å². The molecule has 2 rings (SSSR count). The lowest BCUT2D eigenvalue weighted by molar-refractivity contribution is -0.400. The maximum absolute atomic E-state index is 10.9. The van der Waals surface area contributed by atoms with E-state index < -0.39 is 10.9 Å². The van der Waals surface area contributed by atoms with E-state index in [1.54, 1.807) is 12.1 Å². The van der Waals surface area contributed by atoms with E-state index in [1.165, 1.54) is 18.3 Å². The van der Waals surface area contributed by atoms with Crippen LogP contribution in [-0.4, -0.2) is 21.0 Å². The molecule has 0 radical (unpaired) electrons. The SMILES string of the molecule is O=C(O)c1cccc2c(/C=C\[N+](=O)[O-])c[nH]c12. The van der Waals surface area contributed by atoms with Gasteiger partial charge in [-0.15, -0.1) is 0 Å². The molecule has 2 N–H and O–H groups in total. The quantitative estimate of drug-likeness (QED) is 0.625. The summed E-state index contributed by atoms with van der Waals surface area (Å²) in [6.07, 6.45) is 3.68. The molecular formula is C11H8N2O4. The van der Waals surface area contributed by atoms with Crippen LogP contribution < -0.4 is 0 Å². The van der Waals surface area contributed by atoms with Crippen LogP contribution >= 0.6 is 0 Å². The van der Waals surface area contributed by atoms with Gasteiger partial charge in [0, 0.05) is 23.2 Å². The van der Waals surface area contributed by atoms with E-state index in [2.05, 4.69) is 4.98 Å². The minimum Gasteiger partial charge on any atom is -0.478 e. The first-order valence-electron chi connectivity index (χ1n) is 4.74. The minimum atomic E-state index is -1.04. The number of carboxylic acids is 1. The number of para-hydroxylation sites is 1. The van der Waals surface area contributed by atoms with Gasteiger partial charge in [-0.1, -0.05) is 12.1 Å². The normalized spacial score (nSPS) is 11.1. The van der Waals surface area contributed by atoms with Crippen LogP contribution in [0.5, 0.6) is 0 Å². The van der Waals surface area contributed by atoms with Crippen LogP contribution in [0.4, 0.5) is 0 Å². The Kier molecular flexibility index (Phi) is 2.61. The highest BCUT2D eigenvalue weighted by Crippen LogP contribution is 2.22. The van der Waals surface area contributed by atoms with Crippen molar-refractivity contribution in [3.8, 4) is 0 Å². The van der Waals surface area contributed by atoms with Crippen LogP contribution in [0, 0.1) is 10.1 Å². The van der Waals surface area contributed by atoms with E-state index in [9.17, 15) is 14.9 Å². The summed E-state index contributed by atoms with van der Waals surface area (Å²) in [5.41, 5.74) is 1.19. The van der Waals surface area contributed by atoms with E-state index >= 15 is 0 Å². The lowest BCUT2D eigenvalue weighted by atomic mass is 10.1. The van der Waals surface area contributed by atoms with Gasteiger partial charge in [0.05, 0.1) is 16.0 Å². The number of H-pyrrole nitrogens is 1. The molecule has 0 saturated heterocycles. The molecule has 6 nitrogen and oxygen atoms in total. The Morgan fingerprint density at radius 3 is 2.88 bits per heavy atom. The number of aromatic amines is 1. The molecule has 0 unspecified atom stereocenters. The minimum absolute atomic E-state index is 0.142. The number of fused-ring (bicyclic) bond motifs is 1. The molecule has 1 heterocycles. The van der Waals surface area contributed by atoms with Gasteiger partial charge in [0.2, 0.25) is 6.20 Å². The van der Waals surface area contributed by atoms with Gasteiger partial charge in [-0.3, -0.25) is 10.1 Å². The van der Waals surface area contributed by atoms with Crippen molar-refractivity contribution in [3.63, 3.8) is 0 Å². The monoisotopic (exact) mass is 232 g/mol. The average molecular weight is 232 g/mol. The number of hydrogen-bond acceptors (Lipinski definition) is 3. The molecule has 0 aliphatic carbocycles. The largest absolute Gasteiger partial charge is 0.478 e. The van der Waals surface area contributed by atoms with Gasteiger partial charge in [-0.2, -0.15) is 0 Å². The van der Waals surface area contributed by atoms with Gasteiger partial charge in [0.1, 0.15) is 0 Å². The van der Waals surface area contributed by atoms with Gasteiger partial charge in [0.25, 0.3) is 0 Å². The summed E-state index contributed by atoms with van der Waals surface area (Å²) >= 11 is 0. The predicted octanol–water partition coefficient (Wildman–Crippen LogP) is 2.11. The summed E-state index contributed by atoms with van der Waals surface area (Å²) < 4.78 is 0. The maximum Gasteiger partial charge on any atom is 0.337 e. The zero-order valence-corrected chi connectivity index (χ0v) is 8.58. The number of nitrogens with one attached hydrogen (secondary N) is 1. The first-order valence-corrected chi connectivity index (χ1v) is 4.74. The summed E-state index contributed by atoms with van der Waals surface area (Å²) in [4.78, 5) is 23.4. The molecule has 0 bridgehead atoms. The van der Waals surface area contributed by atoms with Crippen molar-refractivity contribution in [3.05, 3.63) is 51.8 Å². The lowest BCUT2D eigenvalue weighted by Gasteiger charge is -1.96. The Labute approximate surface area is 95.3 Å². The third-order valence-electron chi connectivity index (χ3n) is 2.35. The molecule has 1 aromatic carbocycles. The molecule has 0 amide bonds. The first kappa shape index (κ1) is 10.9. The highest BCUT2D eigenvalue weighted by Gasteiger charge is 2.11. The number of nitro groups is 1. The fourth-order valence-electron chi connectivity index (χ4n) is 1.63. The van der Waals surface area contributed by atoms with Gasteiger partial charge in [-0.05, 0) is 6.07 Å². The highest BCUT2D eigenvalue weighted by atomic mass is 16.6. The third kappa shape index (κ3) is 2.00. The molecule has 0 fully saturated rings. The Morgan fingerprint density at radius 2 is 2.24 bits per heavy atom. The number of hydrogen-bond donors (Lipinski definition) is 2. The lowest BCUT2D eigenvalue weighted by Crippen LogP contribution is -1.96. The third-order valence-corrected chi connectivity index (χ3v) is 2.35. The molecule has 86 valence electrons. The molecule has 0 atom stereocenters. The van der Waals surface area contributed by atoms with Crippen LogP contribution in [0.1, 0.15) is 15.9 Å². The fourth-order valence-corrected chi connectivity index (χ4v) is 1.63. The highest BCUT2D eigenvalue weighted by molar-refractivity contribution is 6.04. The first-order chi connectivity index (χ1) is 8.09. The van der Waals surface area contributed by atoms with Crippen molar-refractivity contribution in [2.75, 3.05) is 0 Å². The fraction of sp³-hybridized carbons (Fsp3) is 0. The summed E-state index contributed by atoms with van der Waals surface area (Å²) in [6.45, 7) is 0. The van der Waals surface area contributed by atoms with Gasteiger partial charge in [0.15, 0.2) is 0 Å². The second-order valence-electron chi connectivity index (χ2n) is 3.38. The van der Waals surface area contributed by atoms with E-state index in [0.717, 1.165) is 6.20 Å². The van der Waals surface area contributed by atoms with Crippen molar-refractivity contribution < 1.29 is 14.8 Å². The van der Waals surface area contributed by atoms with Crippen molar-refractivity contribution in [2.45, 2.75) is 0 Å². The number of benzene rings is 1. The zero-order valence-electron chi connectivity index (χ0n) is 8.58. The number of rotatable bonds is 3. The number of carboxylic acid groups (broad SMARTS) is 1. The molecule has 1 aromatic heterocycles.